The summed E-state index contributed by atoms with van der Waals surface area (Å²) < 4.78 is 1.58. The Hall–Kier alpha value is -0.0500. The van der Waals surface area contributed by atoms with Crippen molar-refractivity contribution in [3.05, 3.63) is 33.0 Å². The Kier molecular flexibility index (Phi) is 7.01. The topological polar surface area (TPSA) is 0 Å². The predicted octanol–water partition coefficient (Wildman–Crippen LogP) is 7.85. The van der Waals surface area contributed by atoms with E-state index in [0.29, 0.717) is 5.41 Å². The molecule has 0 aliphatic heterocycles. The highest BCUT2D eigenvalue weighted by Crippen LogP contribution is 2.55. The van der Waals surface area contributed by atoms with Gasteiger partial charge in [0, 0.05) is 0 Å². The maximum Gasteiger partial charge on any atom is -0.00701 e. The second-order valence-electron chi connectivity index (χ2n) is 8.00. The monoisotopic (exact) mass is 426 g/mol. The lowest BCUT2D eigenvalue weighted by Gasteiger charge is -2.34. The number of halogens is 1. The Labute approximate surface area is 158 Å². The van der Waals surface area contributed by atoms with Gasteiger partial charge in [-0.3, -0.25) is 0 Å². The zero-order chi connectivity index (χ0) is 17.0. The van der Waals surface area contributed by atoms with Crippen LogP contribution in [0.2, 0.25) is 0 Å². The molecule has 0 bridgehead atoms. The fourth-order valence-electron chi connectivity index (χ4n) is 5.13. The zero-order valence-electron chi connectivity index (χ0n) is 15.8. The van der Waals surface area contributed by atoms with Gasteiger partial charge in [-0.05, 0) is 107 Å². The van der Waals surface area contributed by atoms with Crippen LogP contribution in [0.5, 0.6) is 0 Å². The average molecular weight is 426 g/mol. The molecule has 0 N–H and O–H groups in total. The summed E-state index contributed by atoms with van der Waals surface area (Å²) in [6, 6.07) is 0. The minimum atomic E-state index is 0.345. The Morgan fingerprint density at radius 3 is 2.52 bits per heavy atom. The molecule has 0 fully saturated rings. The van der Waals surface area contributed by atoms with Crippen molar-refractivity contribution in [2.75, 3.05) is 0 Å². The summed E-state index contributed by atoms with van der Waals surface area (Å²) >= 11 is 2.51. The standard InChI is InChI=1S/C22H35I/c1-6-9-20-18(7-2)19(8-3)21(22(20,4)5)15-12-16-10-13-17(23)14-11-16/h6,9,13,16,19,21H,7-8,10-12,14-15H2,1-5H3/b9-6-/t16?,19-,21?/m1/s1. The van der Waals surface area contributed by atoms with Gasteiger partial charge in [0.2, 0.25) is 0 Å². The van der Waals surface area contributed by atoms with Gasteiger partial charge >= 0.3 is 0 Å². The molecule has 130 valence electrons. The van der Waals surface area contributed by atoms with Crippen molar-refractivity contribution in [3.8, 4) is 0 Å². The summed E-state index contributed by atoms with van der Waals surface area (Å²) in [5.74, 6) is 2.57. The molecule has 2 rings (SSSR count). The molecule has 0 nitrogen and oxygen atoms in total. The predicted molar refractivity (Wildman–Crippen MR) is 112 cm³/mol. The third-order valence-corrected chi connectivity index (χ3v) is 7.38. The second kappa shape index (κ2) is 8.36. The van der Waals surface area contributed by atoms with Gasteiger partial charge in [0.25, 0.3) is 0 Å². The smallest absolute Gasteiger partial charge is 0.00701 e. The van der Waals surface area contributed by atoms with Crippen LogP contribution >= 0.6 is 22.6 Å². The van der Waals surface area contributed by atoms with Gasteiger partial charge in [-0.2, -0.15) is 0 Å². The van der Waals surface area contributed by atoms with Crippen LogP contribution in [0.4, 0.5) is 0 Å². The molecule has 0 spiro atoms. The summed E-state index contributed by atoms with van der Waals surface area (Å²) in [6.07, 6.45) is 16.5. The molecule has 0 aromatic carbocycles. The van der Waals surface area contributed by atoms with Gasteiger partial charge in [0.1, 0.15) is 0 Å². The van der Waals surface area contributed by atoms with E-state index in [4.69, 9.17) is 0 Å². The third kappa shape index (κ3) is 4.14. The molecule has 2 aliphatic carbocycles. The van der Waals surface area contributed by atoms with Gasteiger partial charge in [0.05, 0.1) is 0 Å². The molecular weight excluding hydrogens is 391 g/mol. The van der Waals surface area contributed by atoms with Crippen molar-refractivity contribution in [1.82, 2.24) is 0 Å². The van der Waals surface area contributed by atoms with Crippen LogP contribution in [-0.2, 0) is 0 Å². The summed E-state index contributed by atoms with van der Waals surface area (Å²) in [6.45, 7) is 11.9. The van der Waals surface area contributed by atoms with Crippen molar-refractivity contribution >= 4 is 22.6 Å². The third-order valence-electron chi connectivity index (χ3n) is 6.40. The van der Waals surface area contributed by atoms with E-state index in [0.717, 1.165) is 17.8 Å². The number of hydrogen-bond acceptors (Lipinski definition) is 0. The maximum absolute atomic E-state index is 2.51. The Morgan fingerprint density at radius 1 is 1.26 bits per heavy atom. The molecule has 0 amide bonds. The molecule has 0 aromatic rings. The van der Waals surface area contributed by atoms with Crippen LogP contribution in [0.3, 0.4) is 0 Å². The lowest BCUT2D eigenvalue weighted by Crippen LogP contribution is -2.26. The maximum atomic E-state index is 2.51. The van der Waals surface area contributed by atoms with Gasteiger partial charge in [-0.25, -0.2) is 0 Å². The largest absolute Gasteiger partial charge is 0.0874 e. The number of rotatable bonds is 6. The fraction of sp³-hybridized carbons (Fsp3) is 0.727. The highest BCUT2D eigenvalue weighted by molar-refractivity contribution is 14.1. The normalized spacial score (nSPS) is 31.0. The van der Waals surface area contributed by atoms with Gasteiger partial charge in [-0.1, -0.05) is 51.5 Å². The van der Waals surface area contributed by atoms with Crippen LogP contribution in [0.15, 0.2) is 33.0 Å². The lowest BCUT2D eigenvalue weighted by molar-refractivity contribution is 0.197. The molecule has 0 saturated heterocycles. The average Bonchev–Trinajstić information content (AvgIpc) is 2.74. The molecule has 0 heterocycles. The Morgan fingerprint density at radius 2 is 2.00 bits per heavy atom. The molecule has 0 radical (unpaired) electrons. The van der Waals surface area contributed by atoms with Gasteiger partial charge in [-0.15, -0.1) is 0 Å². The quantitative estimate of drug-likeness (QED) is 0.379. The molecular formula is C22H35I. The minimum absolute atomic E-state index is 0.345. The van der Waals surface area contributed by atoms with E-state index in [9.17, 15) is 0 Å². The van der Waals surface area contributed by atoms with E-state index in [1.807, 2.05) is 0 Å². The number of allylic oxidation sites excluding steroid dienone is 6. The van der Waals surface area contributed by atoms with E-state index in [2.05, 4.69) is 75.4 Å². The first kappa shape index (κ1) is 19.3. The van der Waals surface area contributed by atoms with Crippen molar-refractivity contribution in [1.29, 1.82) is 0 Å². The first-order chi connectivity index (χ1) is 11.0. The van der Waals surface area contributed by atoms with Gasteiger partial charge in [0.15, 0.2) is 0 Å². The molecule has 0 saturated carbocycles. The highest BCUT2D eigenvalue weighted by Gasteiger charge is 2.45. The lowest BCUT2D eigenvalue weighted by atomic mass is 9.70. The van der Waals surface area contributed by atoms with Crippen LogP contribution in [-0.4, -0.2) is 0 Å². The van der Waals surface area contributed by atoms with E-state index < -0.39 is 0 Å². The molecule has 2 aliphatic rings. The van der Waals surface area contributed by atoms with Crippen LogP contribution in [0, 0.1) is 23.2 Å². The first-order valence-corrected chi connectivity index (χ1v) is 10.7. The molecule has 0 aromatic heterocycles. The molecule has 2 unspecified atom stereocenters. The van der Waals surface area contributed by atoms with E-state index in [1.165, 1.54) is 44.9 Å². The number of hydrogen-bond donors (Lipinski definition) is 0. The molecule has 23 heavy (non-hydrogen) atoms. The minimum Gasteiger partial charge on any atom is -0.0874 e. The Bertz CT molecular complexity index is 492. The molecule has 1 heteroatoms. The summed E-state index contributed by atoms with van der Waals surface area (Å²) in [7, 11) is 0. The van der Waals surface area contributed by atoms with Gasteiger partial charge < -0.3 is 0 Å². The van der Waals surface area contributed by atoms with E-state index >= 15 is 0 Å². The fourth-order valence-corrected chi connectivity index (χ4v) is 5.69. The van der Waals surface area contributed by atoms with Crippen LogP contribution in [0.25, 0.3) is 0 Å². The van der Waals surface area contributed by atoms with Crippen molar-refractivity contribution in [2.45, 2.75) is 79.6 Å². The van der Waals surface area contributed by atoms with Crippen molar-refractivity contribution < 1.29 is 0 Å². The molecule has 3 atom stereocenters. The zero-order valence-corrected chi connectivity index (χ0v) is 17.9. The summed E-state index contributed by atoms with van der Waals surface area (Å²) in [5, 5.41) is 0. The summed E-state index contributed by atoms with van der Waals surface area (Å²) in [5.41, 5.74) is 3.74. The SMILES string of the molecule is C/C=C\C1=C(CC)[C@@H](CC)C(CCC2CC=C(I)CC2)C1(C)C. The van der Waals surface area contributed by atoms with E-state index in [-0.39, 0.29) is 0 Å². The first-order valence-electron chi connectivity index (χ1n) is 9.66. The van der Waals surface area contributed by atoms with E-state index in [1.54, 1.807) is 14.7 Å². The second-order valence-corrected chi connectivity index (χ2v) is 9.39. The summed E-state index contributed by atoms with van der Waals surface area (Å²) in [4.78, 5) is 0. The van der Waals surface area contributed by atoms with Crippen LogP contribution in [0.1, 0.15) is 79.6 Å². The highest BCUT2D eigenvalue weighted by atomic mass is 127. The van der Waals surface area contributed by atoms with Crippen LogP contribution < -0.4 is 0 Å². The van der Waals surface area contributed by atoms with Crippen molar-refractivity contribution in [3.63, 3.8) is 0 Å². The Balaban J connectivity index is 2.12. The van der Waals surface area contributed by atoms with Crippen molar-refractivity contribution in [2.24, 2.45) is 23.2 Å².